The van der Waals surface area contributed by atoms with E-state index in [4.69, 9.17) is 23.2 Å². The maximum atomic E-state index is 13.1. The Kier molecular flexibility index (Phi) is 5.17. The van der Waals surface area contributed by atoms with Gasteiger partial charge in [0.15, 0.2) is 5.69 Å². The number of nitrogens with one attached hydrogen (secondary N) is 1. The molecule has 140 valence electrons. The number of amides is 1. The topological polar surface area (TPSA) is 46.9 Å². The number of halogens is 5. The second-order valence-electron chi connectivity index (χ2n) is 5.69. The van der Waals surface area contributed by atoms with Gasteiger partial charge in [0.2, 0.25) is 0 Å². The predicted molar refractivity (Wildman–Crippen MR) is 98.1 cm³/mol. The predicted octanol–water partition coefficient (Wildman–Crippen LogP) is 5.67. The third-order valence-corrected chi connectivity index (χ3v) is 4.30. The van der Waals surface area contributed by atoms with Crippen molar-refractivity contribution in [1.29, 1.82) is 0 Å². The van der Waals surface area contributed by atoms with Gasteiger partial charge in [-0.2, -0.15) is 18.3 Å². The van der Waals surface area contributed by atoms with E-state index in [0.29, 0.717) is 26.9 Å². The molecule has 0 atom stereocenters. The number of para-hydroxylation sites is 1. The van der Waals surface area contributed by atoms with E-state index in [9.17, 15) is 18.0 Å². The summed E-state index contributed by atoms with van der Waals surface area (Å²) in [5, 5.41) is 6.67. The molecule has 2 aromatic carbocycles. The molecular formula is C18H12Cl2F3N3O. The first-order valence-corrected chi connectivity index (χ1v) is 8.39. The molecule has 3 rings (SSSR count). The van der Waals surface area contributed by atoms with Gasteiger partial charge >= 0.3 is 6.18 Å². The van der Waals surface area contributed by atoms with Crippen molar-refractivity contribution in [2.45, 2.75) is 6.18 Å². The third-order valence-electron chi connectivity index (χ3n) is 3.74. The van der Waals surface area contributed by atoms with Crippen molar-refractivity contribution in [3.8, 4) is 11.1 Å². The summed E-state index contributed by atoms with van der Waals surface area (Å²) in [5.41, 5.74) is -0.459. The van der Waals surface area contributed by atoms with Crippen LogP contribution in [0.5, 0.6) is 0 Å². The number of carbonyl (C=O) groups is 1. The van der Waals surface area contributed by atoms with Crippen molar-refractivity contribution >= 4 is 34.8 Å². The van der Waals surface area contributed by atoms with Crippen LogP contribution in [-0.4, -0.2) is 15.7 Å². The molecule has 0 fully saturated rings. The van der Waals surface area contributed by atoms with Crippen molar-refractivity contribution in [1.82, 2.24) is 9.78 Å². The van der Waals surface area contributed by atoms with E-state index in [1.54, 1.807) is 42.5 Å². The molecule has 1 aromatic heterocycles. The summed E-state index contributed by atoms with van der Waals surface area (Å²) in [6.07, 6.45) is -3.73. The van der Waals surface area contributed by atoms with Crippen molar-refractivity contribution in [2.75, 3.05) is 5.32 Å². The Balaban J connectivity index is 2.01. The molecular weight excluding hydrogens is 402 g/mol. The highest BCUT2D eigenvalue weighted by molar-refractivity contribution is 6.35. The second kappa shape index (κ2) is 7.25. The highest BCUT2D eigenvalue weighted by Crippen LogP contribution is 2.36. The molecule has 1 heterocycles. The van der Waals surface area contributed by atoms with E-state index >= 15 is 0 Å². The Morgan fingerprint density at radius 1 is 1.11 bits per heavy atom. The Hall–Kier alpha value is -2.51. The standard InChI is InChI=1S/C18H12Cl2F3N3O/c1-26-9-13(16(25-26)18(21,22)23)17(27)24-15-5-3-2-4-11(15)12-8-10(19)6-7-14(12)20/h2-9H,1H3,(H,24,27). The van der Waals surface area contributed by atoms with E-state index in [-0.39, 0.29) is 0 Å². The van der Waals surface area contributed by atoms with Gasteiger partial charge in [0, 0.05) is 40.1 Å². The fourth-order valence-electron chi connectivity index (χ4n) is 2.58. The summed E-state index contributed by atoms with van der Waals surface area (Å²) < 4.78 is 40.3. The molecule has 0 unspecified atom stereocenters. The lowest BCUT2D eigenvalue weighted by Gasteiger charge is -2.13. The number of nitrogens with zero attached hydrogens (tertiary/aromatic N) is 2. The zero-order valence-electron chi connectivity index (χ0n) is 13.8. The highest BCUT2D eigenvalue weighted by Gasteiger charge is 2.39. The molecule has 0 saturated heterocycles. The van der Waals surface area contributed by atoms with Gasteiger partial charge in [0.25, 0.3) is 5.91 Å². The van der Waals surface area contributed by atoms with Gasteiger partial charge < -0.3 is 5.32 Å². The average Bonchev–Trinajstić information content (AvgIpc) is 3.00. The van der Waals surface area contributed by atoms with Gasteiger partial charge in [-0.1, -0.05) is 41.4 Å². The molecule has 9 heteroatoms. The Morgan fingerprint density at radius 2 is 1.81 bits per heavy atom. The van der Waals surface area contributed by atoms with Crippen molar-refractivity contribution in [3.63, 3.8) is 0 Å². The second-order valence-corrected chi connectivity index (χ2v) is 6.53. The lowest BCUT2D eigenvalue weighted by atomic mass is 10.0. The van der Waals surface area contributed by atoms with E-state index < -0.39 is 23.3 Å². The van der Waals surface area contributed by atoms with Crippen LogP contribution in [0.2, 0.25) is 10.0 Å². The van der Waals surface area contributed by atoms with Gasteiger partial charge in [-0.25, -0.2) is 0 Å². The van der Waals surface area contributed by atoms with E-state index in [0.717, 1.165) is 10.9 Å². The summed E-state index contributed by atoms with van der Waals surface area (Å²) >= 11 is 12.2. The molecule has 0 radical (unpaired) electrons. The molecule has 0 saturated carbocycles. The summed E-state index contributed by atoms with van der Waals surface area (Å²) in [7, 11) is 1.31. The molecule has 3 aromatic rings. The maximum Gasteiger partial charge on any atom is 0.435 e. The minimum Gasteiger partial charge on any atom is -0.321 e. The quantitative estimate of drug-likeness (QED) is 0.601. The van der Waals surface area contributed by atoms with Crippen LogP contribution in [0, 0.1) is 0 Å². The number of aromatic nitrogens is 2. The minimum atomic E-state index is -4.75. The Morgan fingerprint density at radius 3 is 2.52 bits per heavy atom. The fraction of sp³-hybridized carbons (Fsp3) is 0.111. The normalized spacial score (nSPS) is 11.5. The fourth-order valence-corrected chi connectivity index (χ4v) is 2.98. The average molecular weight is 414 g/mol. The molecule has 4 nitrogen and oxygen atoms in total. The van der Waals surface area contributed by atoms with Crippen LogP contribution in [0.3, 0.4) is 0 Å². The molecule has 0 aliphatic heterocycles. The number of carbonyl (C=O) groups excluding carboxylic acids is 1. The number of anilines is 1. The smallest absolute Gasteiger partial charge is 0.321 e. The first kappa shape index (κ1) is 19.3. The lowest BCUT2D eigenvalue weighted by molar-refractivity contribution is -0.141. The van der Waals surface area contributed by atoms with Crippen LogP contribution in [0.25, 0.3) is 11.1 Å². The number of alkyl halides is 3. The lowest BCUT2D eigenvalue weighted by Crippen LogP contribution is -2.18. The Labute approximate surface area is 162 Å². The molecule has 0 aliphatic carbocycles. The van der Waals surface area contributed by atoms with E-state index in [2.05, 4.69) is 10.4 Å². The number of hydrogen-bond acceptors (Lipinski definition) is 2. The molecule has 1 amide bonds. The van der Waals surface area contributed by atoms with Crippen molar-refractivity contribution in [2.24, 2.45) is 7.05 Å². The largest absolute Gasteiger partial charge is 0.435 e. The van der Waals surface area contributed by atoms with Gasteiger partial charge in [-0.15, -0.1) is 0 Å². The van der Waals surface area contributed by atoms with Crippen LogP contribution in [0.15, 0.2) is 48.7 Å². The monoisotopic (exact) mass is 413 g/mol. The number of benzene rings is 2. The zero-order chi connectivity index (χ0) is 19.8. The first-order chi connectivity index (χ1) is 12.7. The van der Waals surface area contributed by atoms with Gasteiger partial charge in [-0.3, -0.25) is 9.48 Å². The van der Waals surface area contributed by atoms with Crippen molar-refractivity contribution in [3.05, 3.63) is 70.0 Å². The molecule has 0 spiro atoms. The number of hydrogen-bond donors (Lipinski definition) is 1. The SMILES string of the molecule is Cn1cc(C(=O)Nc2ccccc2-c2cc(Cl)ccc2Cl)c(C(F)(F)F)n1. The molecule has 1 N–H and O–H groups in total. The van der Waals surface area contributed by atoms with Crippen LogP contribution in [0.1, 0.15) is 16.1 Å². The third kappa shape index (κ3) is 4.09. The van der Waals surface area contributed by atoms with Gasteiger partial charge in [0.05, 0.1) is 5.56 Å². The summed E-state index contributed by atoms with van der Waals surface area (Å²) in [6.45, 7) is 0. The number of rotatable bonds is 3. The van der Waals surface area contributed by atoms with Crippen LogP contribution in [-0.2, 0) is 13.2 Å². The first-order valence-electron chi connectivity index (χ1n) is 7.63. The highest BCUT2D eigenvalue weighted by atomic mass is 35.5. The molecule has 0 aliphatic rings. The summed E-state index contributed by atoms with van der Waals surface area (Å²) in [5.74, 6) is -0.930. The summed E-state index contributed by atoms with van der Waals surface area (Å²) in [6, 6.07) is 11.4. The van der Waals surface area contributed by atoms with Crippen LogP contribution < -0.4 is 5.32 Å². The minimum absolute atomic E-state index is 0.295. The van der Waals surface area contributed by atoms with Gasteiger partial charge in [-0.05, 0) is 24.3 Å². The van der Waals surface area contributed by atoms with E-state index in [1.165, 1.54) is 7.05 Å². The maximum absolute atomic E-state index is 13.1. The zero-order valence-corrected chi connectivity index (χ0v) is 15.3. The van der Waals surface area contributed by atoms with Crippen LogP contribution >= 0.6 is 23.2 Å². The van der Waals surface area contributed by atoms with E-state index in [1.807, 2.05) is 0 Å². The number of aryl methyl sites for hydroxylation is 1. The van der Waals surface area contributed by atoms with Crippen molar-refractivity contribution < 1.29 is 18.0 Å². The Bertz CT molecular complexity index is 1020. The summed E-state index contributed by atoms with van der Waals surface area (Å²) in [4.78, 5) is 12.5. The van der Waals surface area contributed by atoms with Gasteiger partial charge in [0.1, 0.15) is 0 Å². The molecule has 27 heavy (non-hydrogen) atoms. The molecule has 0 bridgehead atoms. The van der Waals surface area contributed by atoms with Crippen LogP contribution in [0.4, 0.5) is 18.9 Å².